The predicted molar refractivity (Wildman–Crippen MR) is 96.5 cm³/mol. The second kappa shape index (κ2) is 5.43. The van der Waals surface area contributed by atoms with E-state index in [1.807, 2.05) is 6.92 Å². The van der Waals surface area contributed by atoms with E-state index in [4.69, 9.17) is 0 Å². The highest BCUT2D eigenvalue weighted by Crippen LogP contribution is 2.67. The summed E-state index contributed by atoms with van der Waals surface area (Å²) in [5, 5.41) is 10.6. The topological polar surface area (TPSA) is 37.3 Å². The number of allylic oxidation sites excluding steroid dienone is 2. The van der Waals surface area contributed by atoms with Crippen molar-refractivity contribution < 1.29 is 9.90 Å². The molecule has 0 aromatic heterocycles. The van der Waals surface area contributed by atoms with Gasteiger partial charge >= 0.3 is 0 Å². The number of carbonyl (C=O) groups is 1. The number of hydrogen-bond acceptors (Lipinski definition) is 2. The molecule has 0 saturated heterocycles. The van der Waals surface area contributed by atoms with Gasteiger partial charge in [0.05, 0.1) is 5.60 Å². The van der Waals surface area contributed by atoms with Crippen molar-refractivity contribution in [3.8, 4) is 0 Å². The Kier molecular flexibility index (Phi) is 3.81. The quantitative estimate of drug-likeness (QED) is 0.548. The number of fused-ring (bicyclic) bond motifs is 5. The summed E-state index contributed by atoms with van der Waals surface area (Å²) in [5.74, 6) is 2.49. The molecule has 0 bridgehead atoms. The first-order valence-corrected chi connectivity index (χ1v) is 10.2. The number of carbonyl (C=O) groups excluding carboxylic acids is 1. The van der Waals surface area contributed by atoms with Crippen LogP contribution in [0.5, 0.6) is 0 Å². The van der Waals surface area contributed by atoms with Crippen LogP contribution in [0.25, 0.3) is 0 Å². The fraction of sp³-hybridized carbons (Fsp3) is 0.864. The monoisotopic (exact) mass is 330 g/mol. The molecule has 4 fully saturated rings. The predicted octanol–water partition coefficient (Wildman–Crippen LogP) is 4.91. The Balaban J connectivity index is 1.67. The van der Waals surface area contributed by atoms with Crippen molar-refractivity contribution in [1.82, 2.24) is 0 Å². The van der Waals surface area contributed by atoms with Crippen LogP contribution in [0.4, 0.5) is 0 Å². The first kappa shape index (κ1) is 16.8. The highest BCUT2D eigenvalue weighted by Gasteiger charge is 2.61. The maximum Gasteiger partial charge on any atom is 0.126 e. The summed E-state index contributed by atoms with van der Waals surface area (Å²) in [6, 6.07) is 0. The highest BCUT2D eigenvalue weighted by atomic mass is 16.3. The third-order valence-corrected chi connectivity index (χ3v) is 8.93. The van der Waals surface area contributed by atoms with Crippen molar-refractivity contribution in [2.45, 2.75) is 84.2 Å². The third-order valence-electron chi connectivity index (χ3n) is 8.93. The van der Waals surface area contributed by atoms with E-state index in [1.54, 1.807) is 5.57 Å². The van der Waals surface area contributed by atoms with Crippen LogP contribution in [0, 0.1) is 34.5 Å². The van der Waals surface area contributed by atoms with Crippen LogP contribution >= 0.6 is 0 Å². The van der Waals surface area contributed by atoms with E-state index in [0.29, 0.717) is 17.3 Å². The van der Waals surface area contributed by atoms with Gasteiger partial charge in [0, 0.05) is 5.41 Å². The molecule has 0 radical (unpaired) electrons. The molecule has 4 saturated carbocycles. The van der Waals surface area contributed by atoms with Gasteiger partial charge in [-0.3, -0.25) is 0 Å². The highest BCUT2D eigenvalue weighted by molar-refractivity contribution is 5.62. The van der Waals surface area contributed by atoms with Gasteiger partial charge in [-0.2, -0.15) is 0 Å². The average molecular weight is 331 g/mol. The summed E-state index contributed by atoms with van der Waals surface area (Å²) in [6.07, 6.45) is 13.8. The zero-order valence-corrected chi connectivity index (χ0v) is 15.7. The second-order valence-electron chi connectivity index (χ2n) is 9.89. The van der Waals surface area contributed by atoms with Crippen molar-refractivity contribution in [2.24, 2.45) is 34.5 Å². The zero-order valence-electron chi connectivity index (χ0n) is 15.7. The van der Waals surface area contributed by atoms with Gasteiger partial charge in [-0.15, -0.1) is 0 Å². The molecule has 2 nitrogen and oxygen atoms in total. The molecule has 0 aliphatic heterocycles. The number of aldehydes is 1. The molecule has 4 aliphatic carbocycles. The normalized spacial score (nSPS) is 55.6. The van der Waals surface area contributed by atoms with E-state index in [2.05, 4.69) is 19.9 Å². The third kappa shape index (κ3) is 2.14. The van der Waals surface area contributed by atoms with E-state index in [-0.39, 0.29) is 5.41 Å². The van der Waals surface area contributed by atoms with Crippen LogP contribution in [0.3, 0.4) is 0 Å². The molecule has 7 atom stereocenters. The second-order valence-corrected chi connectivity index (χ2v) is 9.89. The van der Waals surface area contributed by atoms with Crippen molar-refractivity contribution in [3.63, 3.8) is 0 Å². The Bertz CT molecular complexity index is 562. The van der Waals surface area contributed by atoms with Gasteiger partial charge in [-0.05, 0) is 101 Å². The van der Waals surface area contributed by atoms with Crippen molar-refractivity contribution in [2.75, 3.05) is 0 Å². The SMILES string of the molecule is C/C=C1/CC[C@H]2[C@@H]3CC[C@H]4C[C@](C)(O)CC[C@]4(C=O)[C@H]3CC[C@]12C. The Hall–Kier alpha value is -0.630. The largest absolute Gasteiger partial charge is 0.390 e. The van der Waals surface area contributed by atoms with Gasteiger partial charge < -0.3 is 9.90 Å². The molecule has 0 heterocycles. The summed E-state index contributed by atoms with van der Waals surface area (Å²) in [6.45, 7) is 6.69. The number of rotatable bonds is 1. The van der Waals surface area contributed by atoms with E-state index < -0.39 is 5.60 Å². The van der Waals surface area contributed by atoms with Gasteiger partial charge in [-0.25, -0.2) is 0 Å². The van der Waals surface area contributed by atoms with E-state index in [0.717, 1.165) is 37.5 Å². The first-order chi connectivity index (χ1) is 11.4. The van der Waals surface area contributed by atoms with E-state index >= 15 is 0 Å². The lowest BCUT2D eigenvalue weighted by molar-refractivity contribution is -0.159. The lowest BCUT2D eigenvalue weighted by atomic mass is 9.44. The van der Waals surface area contributed by atoms with Crippen molar-refractivity contribution in [3.05, 3.63) is 11.6 Å². The van der Waals surface area contributed by atoms with Gasteiger partial charge in [0.1, 0.15) is 6.29 Å². The minimum atomic E-state index is -0.557. The Morgan fingerprint density at radius 3 is 2.54 bits per heavy atom. The number of hydrogen-bond donors (Lipinski definition) is 1. The van der Waals surface area contributed by atoms with Crippen LogP contribution < -0.4 is 0 Å². The molecule has 0 amide bonds. The Morgan fingerprint density at radius 1 is 1.04 bits per heavy atom. The fourth-order valence-corrected chi connectivity index (χ4v) is 7.69. The van der Waals surface area contributed by atoms with Gasteiger partial charge in [0.25, 0.3) is 0 Å². The van der Waals surface area contributed by atoms with Gasteiger partial charge in [-0.1, -0.05) is 18.6 Å². The number of aliphatic hydroxyl groups is 1. The molecule has 4 aliphatic rings. The van der Waals surface area contributed by atoms with E-state index in [9.17, 15) is 9.90 Å². The molecule has 0 spiro atoms. The lowest BCUT2D eigenvalue weighted by Gasteiger charge is -2.60. The smallest absolute Gasteiger partial charge is 0.126 e. The van der Waals surface area contributed by atoms with Crippen LogP contribution in [-0.4, -0.2) is 17.0 Å². The molecule has 0 unspecified atom stereocenters. The van der Waals surface area contributed by atoms with Crippen LogP contribution in [0.15, 0.2) is 11.6 Å². The lowest BCUT2D eigenvalue weighted by Crippen LogP contribution is -2.57. The zero-order chi connectivity index (χ0) is 17.2. The van der Waals surface area contributed by atoms with Gasteiger partial charge in [0.2, 0.25) is 0 Å². The van der Waals surface area contributed by atoms with Crippen molar-refractivity contribution in [1.29, 1.82) is 0 Å². The molecule has 24 heavy (non-hydrogen) atoms. The maximum atomic E-state index is 12.4. The molecule has 2 heteroatoms. The van der Waals surface area contributed by atoms with Crippen LogP contribution in [0.2, 0.25) is 0 Å². The molecule has 0 aromatic rings. The molecular formula is C22H34O2. The summed E-state index contributed by atoms with van der Waals surface area (Å²) in [5.41, 5.74) is 1.39. The van der Waals surface area contributed by atoms with Crippen LogP contribution in [-0.2, 0) is 4.79 Å². The summed E-state index contributed by atoms with van der Waals surface area (Å²) in [7, 11) is 0. The fourth-order valence-electron chi connectivity index (χ4n) is 7.69. The Labute approximate surface area is 147 Å². The molecular weight excluding hydrogens is 296 g/mol. The maximum absolute atomic E-state index is 12.4. The molecule has 1 N–H and O–H groups in total. The van der Waals surface area contributed by atoms with E-state index in [1.165, 1.54) is 38.4 Å². The molecule has 0 aromatic carbocycles. The van der Waals surface area contributed by atoms with Gasteiger partial charge in [0.15, 0.2) is 0 Å². The molecule has 4 rings (SSSR count). The Morgan fingerprint density at radius 2 is 1.83 bits per heavy atom. The standard InChI is InChI=1S/C22H34O2/c1-4-15-6-8-18-17-7-5-16-13-20(2,24)11-12-22(16,14-23)19(17)9-10-21(15,18)3/h4,14,16-19,24H,5-13H2,1-3H3/b15-4-/t16-,17-,18-,19-,20+,21+,22+/m0/s1. The average Bonchev–Trinajstić information content (AvgIpc) is 2.90. The summed E-state index contributed by atoms with van der Waals surface area (Å²) in [4.78, 5) is 12.4. The molecule has 134 valence electrons. The summed E-state index contributed by atoms with van der Waals surface area (Å²) >= 11 is 0. The van der Waals surface area contributed by atoms with Crippen LogP contribution in [0.1, 0.15) is 78.6 Å². The first-order valence-electron chi connectivity index (χ1n) is 10.2. The minimum absolute atomic E-state index is 0.134. The minimum Gasteiger partial charge on any atom is -0.390 e. The van der Waals surface area contributed by atoms with Crippen molar-refractivity contribution >= 4 is 6.29 Å². The summed E-state index contributed by atoms with van der Waals surface area (Å²) < 4.78 is 0.